The molecule has 0 saturated carbocycles. The SMILES string of the molecule is CCN(CC)S(=O)(=O)c1ccc(CNC(=O)N(C)CC(=O)Nc2c(C)cc(C)cc2C)cc1. The molecule has 0 bridgehead atoms. The number of sulfonamides is 1. The monoisotopic (exact) mass is 474 g/mol. The van der Waals surface area contributed by atoms with Gasteiger partial charge in [0.2, 0.25) is 15.9 Å². The number of amides is 3. The Kier molecular flexibility index (Phi) is 9.01. The number of likely N-dealkylation sites (N-methyl/N-ethyl adjacent to an activating group) is 1. The molecule has 0 radical (unpaired) electrons. The Morgan fingerprint density at radius 3 is 2.00 bits per heavy atom. The van der Waals surface area contributed by atoms with Crippen molar-refractivity contribution in [3.8, 4) is 0 Å². The second kappa shape index (κ2) is 11.3. The van der Waals surface area contributed by atoms with Gasteiger partial charge in [0.15, 0.2) is 0 Å². The van der Waals surface area contributed by atoms with Crippen molar-refractivity contribution in [2.24, 2.45) is 0 Å². The highest BCUT2D eigenvalue weighted by Gasteiger charge is 2.21. The van der Waals surface area contributed by atoms with E-state index in [1.807, 2.05) is 32.9 Å². The quantitative estimate of drug-likeness (QED) is 0.582. The standard InChI is InChI=1S/C24H34N4O4S/c1-7-28(8-2)33(31,32)21-11-9-20(10-12-21)15-25-24(30)27(6)16-22(29)26-23-18(4)13-17(3)14-19(23)5/h9-14H,7-8,15-16H2,1-6H3,(H,25,30)(H,26,29). The Morgan fingerprint density at radius 2 is 1.48 bits per heavy atom. The van der Waals surface area contributed by atoms with Gasteiger partial charge in [0.25, 0.3) is 0 Å². The Bertz CT molecular complexity index is 1070. The predicted octanol–water partition coefficient (Wildman–Crippen LogP) is 3.42. The molecule has 2 aromatic carbocycles. The number of urea groups is 1. The first-order chi connectivity index (χ1) is 15.5. The van der Waals surface area contributed by atoms with Crippen LogP contribution in [-0.4, -0.2) is 56.2 Å². The van der Waals surface area contributed by atoms with Crippen LogP contribution in [-0.2, 0) is 21.4 Å². The highest BCUT2D eigenvalue weighted by atomic mass is 32.2. The van der Waals surface area contributed by atoms with Crippen molar-refractivity contribution >= 4 is 27.6 Å². The summed E-state index contributed by atoms with van der Waals surface area (Å²) in [4.78, 5) is 26.4. The summed E-state index contributed by atoms with van der Waals surface area (Å²) in [7, 11) is -1.97. The Hall–Kier alpha value is -2.91. The third-order valence-corrected chi connectivity index (χ3v) is 7.44. The summed E-state index contributed by atoms with van der Waals surface area (Å²) in [5.74, 6) is -0.284. The fourth-order valence-corrected chi connectivity index (χ4v) is 5.11. The van der Waals surface area contributed by atoms with E-state index in [-0.39, 0.29) is 23.9 Å². The zero-order valence-electron chi connectivity index (χ0n) is 20.2. The average Bonchev–Trinajstić information content (AvgIpc) is 2.75. The van der Waals surface area contributed by atoms with Gasteiger partial charge in [-0.3, -0.25) is 4.79 Å². The first-order valence-corrected chi connectivity index (χ1v) is 12.4. The van der Waals surface area contributed by atoms with Crippen LogP contribution in [0.5, 0.6) is 0 Å². The van der Waals surface area contributed by atoms with E-state index in [1.165, 1.54) is 9.21 Å². The van der Waals surface area contributed by atoms with Gasteiger partial charge < -0.3 is 15.5 Å². The zero-order valence-corrected chi connectivity index (χ0v) is 21.0. The highest BCUT2D eigenvalue weighted by Crippen LogP contribution is 2.22. The normalized spacial score (nSPS) is 11.4. The van der Waals surface area contributed by atoms with Crippen LogP contribution in [0.3, 0.4) is 0 Å². The van der Waals surface area contributed by atoms with Crippen LogP contribution in [0.2, 0.25) is 0 Å². The summed E-state index contributed by atoms with van der Waals surface area (Å²) < 4.78 is 26.5. The molecule has 0 atom stereocenters. The Labute approximate surface area is 197 Å². The van der Waals surface area contributed by atoms with E-state index in [1.54, 1.807) is 45.2 Å². The van der Waals surface area contributed by atoms with Gasteiger partial charge in [-0.25, -0.2) is 13.2 Å². The number of nitrogens with one attached hydrogen (secondary N) is 2. The van der Waals surface area contributed by atoms with Crippen molar-refractivity contribution in [3.05, 3.63) is 58.7 Å². The lowest BCUT2D eigenvalue weighted by Gasteiger charge is -2.19. The van der Waals surface area contributed by atoms with Gasteiger partial charge in [-0.2, -0.15) is 4.31 Å². The van der Waals surface area contributed by atoms with Gasteiger partial charge >= 0.3 is 6.03 Å². The number of aryl methyl sites for hydroxylation is 3. The molecule has 0 aliphatic carbocycles. The van der Waals surface area contributed by atoms with Crippen LogP contribution in [0, 0.1) is 20.8 Å². The van der Waals surface area contributed by atoms with Crippen molar-refractivity contribution in [1.29, 1.82) is 0 Å². The van der Waals surface area contributed by atoms with E-state index in [0.717, 1.165) is 27.9 Å². The van der Waals surface area contributed by atoms with Gasteiger partial charge in [-0.1, -0.05) is 43.7 Å². The lowest BCUT2D eigenvalue weighted by molar-refractivity contribution is -0.116. The number of carbonyl (C=O) groups is 2. The molecule has 0 aliphatic rings. The minimum Gasteiger partial charge on any atom is -0.334 e. The number of rotatable bonds is 9. The number of hydrogen-bond donors (Lipinski definition) is 2. The summed E-state index contributed by atoms with van der Waals surface area (Å²) in [6, 6.07) is 10.0. The molecular weight excluding hydrogens is 440 g/mol. The largest absolute Gasteiger partial charge is 0.334 e. The van der Waals surface area contributed by atoms with E-state index in [0.29, 0.717) is 13.1 Å². The smallest absolute Gasteiger partial charge is 0.317 e. The van der Waals surface area contributed by atoms with E-state index < -0.39 is 16.1 Å². The average molecular weight is 475 g/mol. The number of hydrogen-bond acceptors (Lipinski definition) is 4. The van der Waals surface area contributed by atoms with Crippen LogP contribution in [0.1, 0.15) is 36.1 Å². The fraction of sp³-hybridized carbons (Fsp3) is 0.417. The maximum absolute atomic E-state index is 12.6. The predicted molar refractivity (Wildman–Crippen MR) is 131 cm³/mol. The lowest BCUT2D eigenvalue weighted by atomic mass is 10.1. The molecule has 3 amide bonds. The molecule has 2 aromatic rings. The summed E-state index contributed by atoms with van der Waals surface area (Å²) in [5.41, 5.74) is 4.58. The minimum absolute atomic E-state index is 0.0976. The molecular formula is C24H34N4O4S. The molecule has 9 heteroatoms. The van der Waals surface area contributed by atoms with Crippen molar-refractivity contribution < 1.29 is 18.0 Å². The number of carbonyl (C=O) groups excluding carboxylic acids is 2. The van der Waals surface area contributed by atoms with Crippen LogP contribution in [0.4, 0.5) is 10.5 Å². The maximum atomic E-state index is 12.6. The Morgan fingerprint density at radius 1 is 0.939 bits per heavy atom. The second-order valence-electron chi connectivity index (χ2n) is 8.07. The van der Waals surface area contributed by atoms with Crippen LogP contribution < -0.4 is 10.6 Å². The van der Waals surface area contributed by atoms with E-state index >= 15 is 0 Å². The molecule has 0 spiro atoms. The molecule has 180 valence electrons. The maximum Gasteiger partial charge on any atom is 0.317 e. The molecule has 0 heterocycles. The third kappa shape index (κ3) is 6.79. The summed E-state index contributed by atoms with van der Waals surface area (Å²) in [5, 5.41) is 5.63. The molecule has 0 aromatic heterocycles. The van der Waals surface area contributed by atoms with Gasteiger partial charge in [-0.05, 0) is 49.6 Å². The number of anilines is 1. The summed E-state index contributed by atoms with van der Waals surface area (Å²) in [6.07, 6.45) is 0. The highest BCUT2D eigenvalue weighted by molar-refractivity contribution is 7.89. The lowest BCUT2D eigenvalue weighted by Crippen LogP contribution is -2.41. The molecule has 0 fully saturated rings. The molecule has 33 heavy (non-hydrogen) atoms. The zero-order chi connectivity index (χ0) is 24.8. The second-order valence-corrected chi connectivity index (χ2v) is 10.0. The van der Waals surface area contributed by atoms with Crippen LogP contribution in [0.25, 0.3) is 0 Å². The molecule has 2 N–H and O–H groups in total. The van der Waals surface area contributed by atoms with Crippen LogP contribution in [0.15, 0.2) is 41.3 Å². The van der Waals surface area contributed by atoms with Crippen molar-refractivity contribution in [3.63, 3.8) is 0 Å². The molecule has 0 unspecified atom stereocenters. The Balaban J connectivity index is 1.92. The van der Waals surface area contributed by atoms with Gasteiger partial charge in [0.1, 0.15) is 6.54 Å². The first-order valence-electron chi connectivity index (χ1n) is 10.9. The van der Waals surface area contributed by atoms with Gasteiger partial charge in [0.05, 0.1) is 4.90 Å². The molecule has 2 rings (SSSR count). The van der Waals surface area contributed by atoms with E-state index in [9.17, 15) is 18.0 Å². The van der Waals surface area contributed by atoms with Crippen molar-refractivity contribution in [1.82, 2.24) is 14.5 Å². The van der Waals surface area contributed by atoms with Crippen molar-refractivity contribution in [2.75, 3.05) is 32.0 Å². The number of benzene rings is 2. The van der Waals surface area contributed by atoms with E-state index in [4.69, 9.17) is 0 Å². The molecule has 0 aliphatic heterocycles. The third-order valence-electron chi connectivity index (χ3n) is 5.38. The molecule has 0 saturated heterocycles. The fourth-order valence-electron chi connectivity index (χ4n) is 3.65. The van der Waals surface area contributed by atoms with E-state index in [2.05, 4.69) is 10.6 Å². The summed E-state index contributed by atoms with van der Waals surface area (Å²) in [6.45, 7) is 10.4. The number of nitrogens with zero attached hydrogens (tertiary/aromatic N) is 2. The summed E-state index contributed by atoms with van der Waals surface area (Å²) >= 11 is 0. The first kappa shape index (κ1) is 26.3. The van der Waals surface area contributed by atoms with Gasteiger partial charge in [-0.15, -0.1) is 0 Å². The van der Waals surface area contributed by atoms with Crippen molar-refractivity contribution in [2.45, 2.75) is 46.1 Å². The topological polar surface area (TPSA) is 98.8 Å². The van der Waals surface area contributed by atoms with Gasteiger partial charge in [0, 0.05) is 32.4 Å². The molecule has 8 nitrogen and oxygen atoms in total. The van der Waals surface area contributed by atoms with Crippen LogP contribution >= 0.6 is 0 Å². The minimum atomic E-state index is -3.52.